The van der Waals surface area contributed by atoms with Crippen LogP contribution < -0.4 is 9.47 Å². The molecule has 2 fully saturated rings. The smallest absolute Gasteiger partial charge is 0.326 e. The standard InChI is InChI=1S/C30H38N2O7/c1-37-26-15-19-8-4-3-7-13-38-27(33)17-23(20-9-5-2-6-10-20)29(34)32-18-21(16-25(32)30(35)36)39-28-24(14-19)22(26)11-12-31-28/h11-12,14-15,20-21,23,25H,2-10,13,16-18H2,1H3,(H,35,36)/t21-,23+,25+/m1/s1. The van der Waals surface area contributed by atoms with Crippen LogP contribution in [0.4, 0.5) is 0 Å². The molecule has 0 unspecified atom stereocenters. The second-order valence-corrected chi connectivity index (χ2v) is 11.1. The fourth-order valence-corrected chi connectivity index (χ4v) is 6.44. The van der Waals surface area contributed by atoms with Gasteiger partial charge in [-0.2, -0.15) is 0 Å². The lowest BCUT2D eigenvalue weighted by atomic mass is 9.77. The lowest BCUT2D eigenvalue weighted by molar-refractivity contribution is -0.154. The fourth-order valence-electron chi connectivity index (χ4n) is 6.44. The number of aliphatic carboxylic acids is 1. The highest BCUT2D eigenvalue weighted by molar-refractivity contribution is 5.93. The number of hydrogen-bond acceptors (Lipinski definition) is 7. The Morgan fingerprint density at radius 1 is 1.08 bits per heavy atom. The number of hydrogen-bond donors (Lipinski definition) is 1. The molecule has 4 bridgehead atoms. The number of cyclic esters (lactones) is 1. The zero-order valence-electron chi connectivity index (χ0n) is 22.6. The third-order valence-corrected chi connectivity index (χ3v) is 8.49. The molecule has 1 amide bonds. The van der Waals surface area contributed by atoms with Crippen molar-refractivity contribution in [1.29, 1.82) is 0 Å². The van der Waals surface area contributed by atoms with Gasteiger partial charge in [0.25, 0.3) is 0 Å². The highest BCUT2D eigenvalue weighted by atomic mass is 16.5. The Hall–Kier alpha value is -3.36. The molecule has 9 heteroatoms. The van der Waals surface area contributed by atoms with E-state index in [1.54, 1.807) is 13.3 Å². The fraction of sp³-hybridized carbons (Fsp3) is 0.600. The van der Waals surface area contributed by atoms with Gasteiger partial charge in [0.05, 0.1) is 32.6 Å². The summed E-state index contributed by atoms with van der Waals surface area (Å²) >= 11 is 0. The molecule has 3 aliphatic rings. The predicted octanol–water partition coefficient (Wildman–Crippen LogP) is 4.53. The summed E-state index contributed by atoms with van der Waals surface area (Å²) in [5.74, 6) is -1.14. The number of nitrogens with zero attached hydrogens (tertiary/aromatic N) is 2. The van der Waals surface area contributed by atoms with Crippen LogP contribution >= 0.6 is 0 Å². The first-order valence-electron chi connectivity index (χ1n) is 14.3. The molecule has 3 atom stereocenters. The molecule has 1 saturated heterocycles. The van der Waals surface area contributed by atoms with Crippen molar-refractivity contribution in [2.75, 3.05) is 20.3 Å². The van der Waals surface area contributed by atoms with E-state index in [4.69, 9.17) is 14.2 Å². The molecule has 1 N–H and O–H groups in total. The minimum Gasteiger partial charge on any atom is -0.496 e. The van der Waals surface area contributed by atoms with Gasteiger partial charge in [0.2, 0.25) is 11.8 Å². The Morgan fingerprint density at radius 2 is 1.87 bits per heavy atom. The molecule has 9 nitrogen and oxygen atoms in total. The lowest BCUT2D eigenvalue weighted by Gasteiger charge is -2.33. The van der Waals surface area contributed by atoms with E-state index < -0.39 is 24.0 Å². The number of pyridine rings is 1. The molecule has 2 aliphatic heterocycles. The Kier molecular flexibility index (Phi) is 8.53. The summed E-state index contributed by atoms with van der Waals surface area (Å²) in [5.41, 5.74) is 1.08. The van der Waals surface area contributed by atoms with E-state index >= 15 is 0 Å². The zero-order valence-corrected chi connectivity index (χ0v) is 22.6. The number of methoxy groups -OCH3 is 1. The number of amides is 1. The van der Waals surface area contributed by atoms with Gasteiger partial charge in [-0.25, -0.2) is 9.78 Å². The summed E-state index contributed by atoms with van der Waals surface area (Å²) in [6.45, 7) is 0.444. The van der Waals surface area contributed by atoms with Crippen molar-refractivity contribution < 1.29 is 33.7 Å². The van der Waals surface area contributed by atoms with Gasteiger partial charge in [0, 0.05) is 23.4 Å². The van der Waals surface area contributed by atoms with Crippen LogP contribution in [0, 0.1) is 11.8 Å². The van der Waals surface area contributed by atoms with Crippen molar-refractivity contribution in [1.82, 2.24) is 9.88 Å². The first-order valence-corrected chi connectivity index (χ1v) is 14.3. The van der Waals surface area contributed by atoms with Crippen LogP contribution in [0.25, 0.3) is 10.8 Å². The summed E-state index contributed by atoms with van der Waals surface area (Å²) in [7, 11) is 1.63. The Bertz CT molecular complexity index is 1210. The number of esters is 1. The van der Waals surface area contributed by atoms with Crippen LogP contribution in [-0.2, 0) is 25.5 Å². The molecule has 0 radical (unpaired) electrons. The lowest BCUT2D eigenvalue weighted by Crippen LogP contribution is -2.46. The van der Waals surface area contributed by atoms with Gasteiger partial charge in [0.1, 0.15) is 17.9 Å². The number of benzene rings is 1. The first-order chi connectivity index (χ1) is 18.9. The van der Waals surface area contributed by atoms with Gasteiger partial charge in [-0.3, -0.25) is 9.59 Å². The van der Waals surface area contributed by atoms with E-state index in [0.717, 1.165) is 79.9 Å². The van der Waals surface area contributed by atoms with Crippen molar-refractivity contribution in [2.24, 2.45) is 11.8 Å². The second-order valence-electron chi connectivity index (χ2n) is 11.1. The molecule has 0 spiro atoms. The number of carbonyl (C=O) groups excluding carboxylic acids is 2. The Morgan fingerprint density at radius 3 is 2.64 bits per heavy atom. The highest BCUT2D eigenvalue weighted by Gasteiger charge is 2.45. The van der Waals surface area contributed by atoms with Crippen molar-refractivity contribution in [3.63, 3.8) is 0 Å². The maximum absolute atomic E-state index is 13.9. The third-order valence-electron chi connectivity index (χ3n) is 8.49. The number of carbonyl (C=O) groups is 3. The summed E-state index contributed by atoms with van der Waals surface area (Å²) in [6.07, 6.45) is 9.49. The van der Waals surface area contributed by atoms with Crippen LogP contribution in [0.3, 0.4) is 0 Å². The molecule has 1 saturated carbocycles. The topological polar surface area (TPSA) is 115 Å². The van der Waals surface area contributed by atoms with Gasteiger partial charge >= 0.3 is 11.9 Å². The molecule has 39 heavy (non-hydrogen) atoms. The highest BCUT2D eigenvalue weighted by Crippen LogP contribution is 2.37. The summed E-state index contributed by atoms with van der Waals surface area (Å²) in [5, 5.41) is 11.7. The van der Waals surface area contributed by atoms with E-state index in [1.165, 1.54) is 4.90 Å². The van der Waals surface area contributed by atoms with Crippen LogP contribution in [0.5, 0.6) is 11.6 Å². The Balaban J connectivity index is 1.49. The molecule has 1 aromatic heterocycles. The number of carboxylic acid groups (broad SMARTS) is 1. The van der Waals surface area contributed by atoms with E-state index in [2.05, 4.69) is 11.1 Å². The molecular weight excluding hydrogens is 500 g/mol. The van der Waals surface area contributed by atoms with Crippen LogP contribution in [0.1, 0.15) is 69.8 Å². The number of rotatable bonds is 3. The van der Waals surface area contributed by atoms with Gasteiger partial charge in [-0.05, 0) is 68.2 Å². The van der Waals surface area contributed by atoms with Crippen molar-refractivity contribution >= 4 is 28.6 Å². The van der Waals surface area contributed by atoms with Gasteiger partial charge in [-0.1, -0.05) is 19.3 Å². The number of fused-ring (bicyclic) bond motifs is 3. The van der Waals surface area contributed by atoms with E-state index in [9.17, 15) is 19.5 Å². The van der Waals surface area contributed by atoms with Crippen molar-refractivity contribution in [2.45, 2.75) is 82.8 Å². The van der Waals surface area contributed by atoms with Crippen LogP contribution in [0.2, 0.25) is 0 Å². The van der Waals surface area contributed by atoms with Gasteiger partial charge in [-0.15, -0.1) is 0 Å². The van der Waals surface area contributed by atoms with E-state index in [-0.39, 0.29) is 37.2 Å². The Labute approximate surface area is 228 Å². The molecular formula is C30H38N2O7. The average molecular weight is 539 g/mol. The summed E-state index contributed by atoms with van der Waals surface area (Å²) < 4.78 is 17.5. The van der Waals surface area contributed by atoms with Crippen LogP contribution in [0.15, 0.2) is 24.4 Å². The summed E-state index contributed by atoms with van der Waals surface area (Å²) in [4.78, 5) is 45.0. The summed E-state index contributed by atoms with van der Waals surface area (Å²) in [6, 6.07) is 4.93. The average Bonchev–Trinajstić information content (AvgIpc) is 3.37. The number of aryl methyl sites for hydroxylation is 1. The largest absolute Gasteiger partial charge is 0.496 e. The number of carboxylic acids is 1. The maximum Gasteiger partial charge on any atom is 0.326 e. The number of aromatic nitrogens is 1. The van der Waals surface area contributed by atoms with Crippen molar-refractivity contribution in [3.05, 3.63) is 30.0 Å². The van der Waals surface area contributed by atoms with E-state index in [0.29, 0.717) is 12.5 Å². The predicted molar refractivity (Wildman–Crippen MR) is 144 cm³/mol. The molecule has 2 aromatic rings. The minimum atomic E-state index is -1.07. The monoisotopic (exact) mass is 538 g/mol. The van der Waals surface area contributed by atoms with Gasteiger partial charge in [0.15, 0.2) is 0 Å². The van der Waals surface area contributed by atoms with Gasteiger partial charge < -0.3 is 24.2 Å². The van der Waals surface area contributed by atoms with E-state index in [1.807, 2.05) is 12.1 Å². The van der Waals surface area contributed by atoms with Crippen molar-refractivity contribution in [3.8, 4) is 11.6 Å². The zero-order chi connectivity index (χ0) is 27.4. The molecule has 5 rings (SSSR count). The molecule has 3 heterocycles. The third kappa shape index (κ3) is 6.12. The molecule has 1 aromatic carbocycles. The quantitative estimate of drug-likeness (QED) is 0.567. The minimum absolute atomic E-state index is 0.0108. The molecule has 1 aliphatic carbocycles. The first kappa shape index (κ1) is 27.2. The SMILES string of the molecule is COc1cc2cc3c(nccc13)O[C@@H]1C[C@@H](C(=O)O)N(C1)C(=O)[C@H](C1CCCCC1)CC(=O)OCCCCC2. The normalized spacial score (nSPS) is 25.6. The molecule has 210 valence electrons. The number of ether oxygens (including phenoxy) is 3. The van der Waals surface area contributed by atoms with Crippen LogP contribution in [-0.4, -0.2) is 65.2 Å². The second kappa shape index (κ2) is 12.2. The maximum atomic E-state index is 13.9.